The lowest BCUT2D eigenvalue weighted by molar-refractivity contribution is -0.116. The van der Waals surface area contributed by atoms with Gasteiger partial charge in [0.25, 0.3) is 0 Å². The van der Waals surface area contributed by atoms with Crippen molar-refractivity contribution in [1.82, 2.24) is 0 Å². The Hall–Kier alpha value is -1.35. The molecule has 1 aliphatic rings. The predicted octanol–water partition coefficient (Wildman–Crippen LogP) is 1.09. The Morgan fingerprint density at radius 3 is 2.92 bits per heavy atom. The van der Waals surface area contributed by atoms with E-state index >= 15 is 0 Å². The third-order valence-electron chi connectivity index (χ3n) is 2.32. The van der Waals surface area contributed by atoms with E-state index in [9.17, 15) is 9.90 Å². The molecule has 1 amide bonds. The number of para-hydroxylation sites is 1. The van der Waals surface area contributed by atoms with Gasteiger partial charge in [-0.2, -0.15) is 0 Å². The summed E-state index contributed by atoms with van der Waals surface area (Å²) >= 11 is 0. The van der Waals surface area contributed by atoms with Crippen LogP contribution in [-0.4, -0.2) is 17.6 Å². The van der Waals surface area contributed by atoms with Gasteiger partial charge >= 0.3 is 0 Å². The van der Waals surface area contributed by atoms with E-state index in [4.69, 9.17) is 0 Å². The maximum Gasteiger partial charge on any atom is 0.223 e. The Morgan fingerprint density at radius 1 is 1.54 bits per heavy atom. The van der Waals surface area contributed by atoms with E-state index in [-0.39, 0.29) is 5.91 Å². The standard InChI is InChI=1S/C10H11NO2/c1-7(12)11-6-10(13)8-4-2-3-5-9(8)11/h2-5,10,13H,6H2,1H3. The molecule has 1 aromatic carbocycles. The van der Waals surface area contributed by atoms with Crippen molar-refractivity contribution in [3.8, 4) is 0 Å². The second-order valence-electron chi connectivity index (χ2n) is 3.20. The Kier molecular flexibility index (Phi) is 1.81. The number of anilines is 1. The number of hydrogen-bond donors (Lipinski definition) is 1. The summed E-state index contributed by atoms with van der Waals surface area (Å²) in [7, 11) is 0. The van der Waals surface area contributed by atoms with Gasteiger partial charge < -0.3 is 10.0 Å². The van der Waals surface area contributed by atoms with E-state index in [1.807, 2.05) is 24.3 Å². The number of amides is 1. The van der Waals surface area contributed by atoms with Gasteiger partial charge in [-0.1, -0.05) is 18.2 Å². The monoisotopic (exact) mass is 177 g/mol. The van der Waals surface area contributed by atoms with Crippen LogP contribution >= 0.6 is 0 Å². The number of aliphatic hydroxyl groups is 1. The summed E-state index contributed by atoms with van der Waals surface area (Å²) < 4.78 is 0. The molecular formula is C10H11NO2. The molecule has 1 aromatic rings. The molecule has 0 saturated heterocycles. The largest absolute Gasteiger partial charge is 0.386 e. The van der Waals surface area contributed by atoms with Gasteiger partial charge in [0.05, 0.1) is 12.6 Å². The van der Waals surface area contributed by atoms with Crippen LogP contribution in [0.25, 0.3) is 0 Å². The quantitative estimate of drug-likeness (QED) is 0.644. The minimum Gasteiger partial charge on any atom is -0.386 e. The number of carbonyl (C=O) groups excluding carboxylic acids is 1. The molecule has 1 atom stereocenters. The normalized spacial score (nSPS) is 20.2. The van der Waals surface area contributed by atoms with Crippen LogP contribution in [0, 0.1) is 0 Å². The first kappa shape index (κ1) is 8.26. The average Bonchev–Trinajstić information content (AvgIpc) is 2.45. The number of aliphatic hydroxyl groups excluding tert-OH is 1. The maximum atomic E-state index is 11.2. The molecule has 0 bridgehead atoms. The molecule has 0 fully saturated rings. The lowest BCUT2D eigenvalue weighted by atomic mass is 10.1. The number of rotatable bonds is 0. The summed E-state index contributed by atoms with van der Waals surface area (Å²) in [5.41, 5.74) is 1.68. The molecule has 13 heavy (non-hydrogen) atoms. The molecule has 1 unspecified atom stereocenters. The summed E-state index contributed by atoms with van der Waals surface area (Å²) in [6, 6.07) is 7.44. The number of fused-ring (bicyclic) bond motifs is 1. The van der Waals surface area contributed by atoms with Crippen LogP contribution in [0.3, 0.4) is 0 Å². The van der Waals surface area contributed by atoms with Crippen molar-refractivity contribution >= 4 is 11.6 Å². The first-order valence-electron chi connectivity index (χ1n) is 4.25. The van der Waals surface area contributed by atoms with Gasteiger partial charge in [0.15, 0.2) is 0 Å². The molecular weight excluding hydrogens is 166 g/mol. The zero-order valence-electron chi connectivity index (χ0n) is 7.40. The molecule has 0 spiro atoms. The molecule has 1 aliphatic heterocycles. The van der Waals surface area contributed by atoms with Gasteiger partial charge in [0, 0.05) is 18.2 Å². The Morgan fingerprint density at radius 2 is 2.23 bits per heavy atom. The van der Waals surface area contributed by atoms with E-state index in [2.05, 4.69) is 0 Å². The third kappa shape index (κ3) is 1.21. The minimum absolute atomic E-state index is 0.0241. The fraction of sp³-hybridized carbons (Fsp3) is 0.300. The number of benzene rings is 1. The Labute approximate surface area is 76.6 Å². The fourth-order valence-electron chi connectivity index (χ4n) is 1.68. The van der Waals surface area contributed by atoms with Crippen molar-refractivity contribution in [3.63, 3.8) is 0 Å². The van der Waals surface area contributed by atoms with Crippen molar-refractivity contribution in [2.24, 2.45) is 0 Å². The Bertz CT molecular complexity index is 349. The van der Waals surface area contributed by atoms with Gasteiger partial charge in [-0.25, -0.2) is 0 Å². The highest BCUT2D eigenvalue weighted by Crippen LogP contribution is 2.33. The number of nitrogens with zero attached hydrogens (tertiary/aromatic N) is 1. The summed E-state index contributed by atoms with van der Waals surface area (Å²) in [5.74, 6) is -0.0241. The number of carbonyl (C=O) groups is 1. The highest BCUT2D eigenvalue weighted by molar-refractivity contribution is 5.94. The third-order valence-corrected chi connectivity index (χ3v) is 2.32. The minimum atomic E-state index is -0.528. The molecule has 0 saturated carbocycles. The number of β-amino-alcohol motifs (C(OH)–C–C–N with tert-alkyl or cyclic N) is 1. The molecule has 1 heterocycles. The summed E-state index contributed by atoms with van der Waals surface area (Å²) in [6.07, 6.45) is -0.528. The SMILES string of the molecule is CC(=O)N1CC(O)c2ccccc21. The maximum absolute atomic E-state index is 11.2. The summed E-state index contributed by atoms with van der Waals surface area (Å²) in [6.45, 7) is 1.89. The molecule has 3 nitrogen and oxygen atoms in total. The second-order valence-corrected chi connectivity index (χ2v) is 3.20. The molecule has 3 heteroatoms. The van der Waals surface area contributed by atoms with Crippen molar-refractivity contribution in [2.75, 3.05) is 11.4 Å². The molecule has 0 radical (unpaired) electrons. The second kappa shape index (κ2) is 2.85. The van der Waals surface area contributed by atoms with Gasteiger partial charge in [-0.3, -0.25) is 4.79 Å². The lowest BCUT2D eigenvalue weighted by Gasteiger charge is -2.13. The topological polar surface area (TPSA) is 40.5 Å². The van der Waals surface area contributed by atoms with Crippen molar-refractivity contribution in [2.45, 2.75) is 13.0 Å². The van der Waals surface area contributed by atoms with Crippen molar-refractivity contribution in [3.05, 3.63) is 29.8 Å². The predicted molar refractivity (Wildman–Crippen MR) is 49.4 cm³/mol. The van der Waals surface area contributed by atoms with E-state index in [1.54, 1.807) is 4.90 Å². The van der Waals surface area contributed by atoms with Crippen LogP contribution in [0.5, 0.6) is 0 Å². The average molecular weight is 177 g/mol. The zero-order valence-corrected chi connectivity index (χ0v) is 7.40. The van der Waals surface area contributed by atoms with E-state index < -0.39 is 6.10 Å². The summed E-state index contributed by atoms with van der Waals surface area (Å²) in [5, 5.41) is 9.61. The highest BCUT2D eigenvalue weighted by Gasteiger charge is 2.28. The van der Waals surface area contributed by atoms with Gasteiger partial charge in [0.2, 0.25) is 5.91 Å². The smallest absolute Gasteiger partial charge is 0.223 e. The van der Waals surface area contributed by atoms with E-state index in [0.29, 0.717) is 6.54 Å². The Balaban J connectivity index is 2.47. The molecule has 0 aliphatic carbocycles. The van der Waals surface area contributed by atoms with Gasteiger partial charge in [0.1, 0.15) is 0 Å². The number of hydrogen-bond acceptors (Lipinski definition) is 2. The fourth-order valence-corrected chi connectivity index (χ4v) is 1.68. The van der Waals surface area contributed by atoms with E-state index in [1.165, 1.54) is 6.92 Å². The molecule has 2 rings (SSSR count). The van der Waals surface area contributed by atoms with Crippen LogP contribution in [0.2, 0.25) is 0 Å². The van der Waals surface area contributed by atoms with Crippen LogP contribution in [0.15, 0.2) is 24.3 Å². The van der Waals surface area contributed by atoms with Crippen molar-refractivity contribution in [1.29, 1.82) is 0 Å². The van der Waals surface area contributed by atoms with Gasteiger partial charge in [-0.15, -0.1) is 0 Å². The van der Waals surface area contributed by atoms with Gasteiger partial charge in [-0.05, 0) is 6.07 Å². The van der Waals surface area contributed by atoms with Crippen LogP contribution in [-0.2, 0) is 4.79 Å². The molecule has 1 N–H and O–H groups in total. The lowest BCUT2D eigenvalue weighted by Crippen LogP contribution is -2.26. The van der Waals surface area contributed by atoms with Crippen LogP contribution < -0.4 is 4.90 Å². The first-order valence-corrected chi connectivity index (χ1v) is 4.25. The zero-order chi connectivity index (χ0) is 9.42. The first-order chi connectivity index (χ1) is 6.20. The van der Waals surface area contributed by atoms with Crippen molar-refractivity contribution < 1.29 is 9.90 Å². The highest BCUT2D eigenvalue weighted by atomic mass is 16.3. The summed E-state index contributed by atoms with van der Waals surface area (Å²) in [4.78, 5) is 12.8. The van der Waals surface area contributed by atoms with Crippen LogP contribution in [0.1, 0.15) is 18.6 Å². The van der Waals surface area contributed by atoms with Crippen LogP contribution in [0.4, 0.5) is 5.69 Å². The molecule has 0 aromatic heterocycles. The molecule has 68 valence electrons. The van der Waals surface area contributed by atoms with E-state index in [0.717, 1.165) is 11.3 Å².